The number of hydrogen-bond acceptors (Lipinski definition) is 5. The van der Waals surface area contributed by atoms with Crippen molar-refractivity contribution in [3.05, 3.63) is 27.7 Å². The van der Waals surface area contributed by atoms with E-state index < -0.39 is 0 Å². The van der Waals surface area contributed by atoms with E-state index in [1.54, 1.807) is 12.1 Å². The minimum absolute atomic E-state index is 0.519. The van der Waals surface area contributed by atoms with Gasteiger partial charge in [-0.1, -0.05) is 32.4 Å². The molecule has 0 atom stereocenters. The van der Waals surface area contributed by atoms with Gasteiger partial charge in [0.1, 0.15) is 10.8 Å². The average Bonchev–Trinajstić information content (AvgIpc) is 2.49. The molecule has 0 amide bonds. The number of ether oxygens (including phenoxy) is 1. The molecule has 1 aromatic heterocycles. The topological polar surface area (TPSA) is 61.0 Å². The van der Waals surface area contributed by atoms with Gasteiger partial charge in [-0.2, -0.15) is 0 Å². The van der Waals surface area contributed by atoms with E-state index in [0.717, 1.165) is 9.48 Å². The summed E-state index contributed by atoms with van der Waals surface area (Å²) in [5.41, 5.74) is 6.32. The van der Waals surface area contributed by atoms with Crippen molar-refractivity contribution in [3.8, 4) is 10.9 Å². The minimum Gasteiger partial charge on any atom is -0.430 e. The van der Waals surface area contributed by atoms with Crippen molar-refractivity contribution in [1.82, 2.24) is 10.2 Å². The molecule has 2 N–H and O–H groups in total. The van der Waals surface area contributed by atoms with Crippen LogP contribution in [0.1, 0.15) is 5.01 Å². The molecule has 0 unspecified atom stereocenters. The maximum absolute atomic E-state index is 5.68. The smallest absolute Gasteiger partial charge is 0.299 e. The maximum Gasteiger partial charge on any atom is 0.299 e. The van der Waals surface area contributed by atoms with Crippen molar-refractivity contribution in [2.75, 3.05) is 5.73 Å². The van der Waals surface area contributed by atoms with Gasteiger partial charge in [0.15, 0.2) is 0 Å². The Balaban J connectivity index is 2.24. The molecule has 0 bridgehead atoms. The highest BCUT2D eigenvalue weighted by Gasteiger charge is 2.04. The van der Waals surface area contributed by atoms with E-state index >= 15 is 0 Å². The Hall–Kier alpha value is -1.14. The van der Waals surface area contributed by atoms with Gasteiger partial charge < -0.3 is 10.5 Å². The zero-order valence-electron chi connectivity index (χ0n) is 7.90. The predicted molar refractivity (Wildman–Crippen MR) is 63.3 cm³/mol. The first-order valence-corrected chi connectivity index (χ1v) is 5.78. The summed E-state index contributed by atoms with van der Waals surface area (Å²) in [6.45, 7) is 1.87. The summed E-state index contributed by atoms with van der Waals surface area (Å²) in [5, 5.41) is 9.11. The lowest BCUT2D eigenvalue weighted by Crippen LogP contribution is -1.88. The molecule has 2 rings (SSSR count). The van der Waals surface area contributed by atoms with Crippen LogP contribution >= 0.6 is 27.3 Å². The van der Waals surface area contributed by atoms with E-state index in [-0.39, 0.29) is 0 Å². The number of nitrogens with zero attached hydrogens (tertiary/aromatic N) is 2. The number of anilines is 1. The quantitative estimate of drug-likeness (QED) is 0.862. The highest BCUT2D eigenvalue weighted by molar-refractivity contribution is 9.10. The molecule has 6 heteroatoms. The summed E-state index contributed by atoms with van der Waals surface area (Å²) >= 11 is 4.73. The molecule has 78 valence electrons. The molecule has 15 heavy (non-hydrogen) atoms. The summed E-state index contributed by atoms with van der Waals surface area (Å²) in [6.07, 6.45) is 0. The third-order valence-electron chi connectivity index (χ3n) is 1.61. The van der Waals surface area contributed by atoms with Gasteiger partial charge in [0.25, 0.3) is 5.19 Å². The van der Waals surface area contributed by atoms with Crippen LogP contribution in [0, 0.1) is 6.92 Å². The average molecular weight is 286 g/mol. The number of aryl methyl sites for hydroxylation is 1. The molecule has 0 spiro atoms. The number of halogens is 1. The van der Waals surface area contributed by atoms with Gasteiger partial charge in [0.05, 0.1) is 0 Å². The van der Waals surface area contributed by atoms with Gasteiger partial charge in [0, 0.05) is 16.2 Å². The Morgan fingerprint density at radius 3 is 2.73 bits per heavy atom. The summed E-state index contributed by atoms with van der Waals surface area (Å²) < 4.78 is 6.37. The zero-order chi connectivity index (χ0) is 10.8. The molecule has 0 saturated carbocycles. The number of nitrogens with two attached hydrogens (primary N) is 1. The van der Waals surface area contributed by atoms with Crippen LogP contribution in [0.3, 0.4) is 0 Å². The van der Waals surface area contributed by atoms with Crippen LogP contribution in [-0.4, -0.2) is 10.2 Å². The molecule has 4 nitrogen and oxygen atoms in total. The van der Waals surface area contributed by atoms with Crippen molar-refractivity contribution in [3.63, 3.8) is 0 Å². The third kappa shape index (κ3) is 2.66. The number of hydrogen-bond donors (Lipinski definition) is 1. The Morgan fingerprint density at radius 2 is 2.13 bits per heavy atom. The highest BCUT2D eigenvalue weighted by atomic mass is 79.9. The first kappa shape index (κ1) is 10.4. The van der Waals surface area contributed by atoms with Gasteiger partial charge in [-0.15, -0.1) is 5.10 Å². The number of nitrogen functional groups attached to an aromatic ring is 1. The molecular weight excluding hydrogens is 278 g/mol. The van der Waals surface area contributed by atoms with Gasteiger partial charge in [-0.05, 0) is 19.1 Å². The highest BCUT2D eigenvalue weighted by Crippen LogP contribution is 2.28. The molecule has 0 aliphatic heterocycles. The summed E-state index contributed by atoms with van der Waals surface area (Å²) in [7, 11) is 0. The first-order valence-electron chi connectivity index (χ1n) is 4.17. The first-order chi connectivity index (χ1) is 7.13. The molecule has 1 aromatic carbocycles. The second kappa shape index (κ2) is 4.16. The molecule has 0 radical (unpaired) electrons. The van der Waals surface area contributed by atoms with E-state index in [1.807, 2.05) is 13.0 Å². The molecule has 1 heterocycles. The fraction of sp³-hybridized carbons (Fsp3) is 0.111. The Labute approximate surface area is 99.2 Å². The standard InChI is InChI=1S/C9H8BrN3OS/c1-5-12-13-9(15-5)14-8-3-6(10)2-7(11)4-8/h2-4H,11H2,1H3. The zero-order valence-corrected chi connectivity index (χ0v) is 10.3. The lowest BCUT2D eigenvalue weighted by Gasteiger charge is -2.02. The predicted octanol–water partition coefficient (Wildman–Crippen LogP) is 2.98. The summed E-state index contributed by atoms with van der Waals surface area (Å²) in [6, 6.07) is 5.37. The fourth-order valence-corrected chi connectivity index (χ4v) is 2.11. The van der Waals surface area contributed by atoms with E-state index in [9.17, 15) is 0 Å². The maximum atomic E-state index is 5.68. The van der Waals surface area contributed by atoms with Crippen LogP contribution in [0.5, 0.6) is 10.9 Å². The SMILES string of the molecule is Cc1nnc(Oc2cc(N)cc(Br)c2)s1. The Kier molecular flexibility index (Phi) is 2.88. The van der Waals surface area contributed by atoms with Crippen LogP contribution in [-0.2, 0) is 0 Å². The van der Waals surface area contributed by atoms with Gasteiger partial charge in [-0.25, -0.2) is 0 Å². The monoisotopic (exact) mass is 285 g/mol. The lowest BCUT2D eigenvalue weighted by molar-refractivity contribution is 0.473. The van der Waals surface area contributed by atoms with Gasteiger partial charge in [-0.3, -0.25) is 0 Å². The molecule has 0 fully saturated rings. The fourth-order valence-electron chi connectivity index (χ4n) is 1.06. The second-order valence-corrected chi connectivity index (χ2v) is 4.97. The lowest BCUT2D eigenvalue weighted by atomic mass is 10.3. The Bertz CT molecular complexity index is 466. The molecule has 0 aliphatic rings. The van der Waals surface area contributed by atoms with E-state index in [1.165, 1.54) is 11.3 Å². The number of benzene rings is 1. The third-order valence-corrected chi connectivity index (χ3v) is 2.78. The number of aromatic nitrogens is 2. The van der Waals surface area contributed by atoms with Crippen LogP contribution in [0.25, 0.3) is 0 Å². The Morgan fingerprint density at radius 1 is 1.33 bits per heavy atom. The molecular formula is C9H8BrN3OS. The van der Waals surface area contributed by atoms with Crippen LogP contribution in [0.15, 0.2) is 22.7 Å². The molecule has 2 aromatic rings. The van der Waals surface area contributed by atoms with Crippen molar-refractivity contribution in [1.29, 1.82) is 0 Å². The summed E-state index contributed by atoms with van der Waals surface area (Å²) in [4.78, 5) is 0. The van der Waals surface area contributed by atoms with Crippen LogP contribution in [0.2, 0.25) is 0 Å². The van der Waals surface area contributed by atoms with E-state index in [0.29, 0.717) is 16.6 Å². The minimum atomic E-state index is 0.519. The molecule has 0 aliphatic carbocycles. The van der Waals surface area contributed by atoms with Crippen molar-refractivity contribution < 1.29 is 4.74 Å². The van der Waals surface area contributed by atoms with Crippen molar-refractivity contribution in [2.24, 2.45) is 0 Å². The normalized spacial score (nSPS) is 10.3. The van der Waals surface area contributed by atoms with Crippen molar-refractivity contribution in [2.45, 2.75) is 6.92 Å². The van der Waals surface area contributed by atoms with Crippen LogP contribution < -0.4 is 10.5 Å². The van der Waals surface area contributed by atoms with Gasteiger partial charge in [0.2, 0.25) is 0 Å². The molecule has 0 saturated heterocycles. The number of rotatable bonds is 2. The summed E-state index contributed by atoms with van der Waals surface area (Å²) in [5.74, 6) is 0.651. The van der Waals surface area contributed by atoms with Gasteiger partial charge >= 0.3 is 0 Å². The van der Waals surface area contributed by atoms with Crippen LogP contribution in [0.4, 0.5) is 5.69 Å². The van der Waals surface area contributed by atoms with Crippen molar-refractivity contribution >= 4 is 33.0 Å². The largest absolute Gasteiger partial charge is 0.430 e. The second-order valence-electron chi connectivity index (χ2n) is 2.91. The van der Waals surface area contributed by atoms with E-state index in [2.05, 4.69) is 26.1 Å². The van der Waals surface area contributed by atoms with E-state index in [4.69, 9.17) is 10.5 Å².